The Hall–Kier alpha value is -1.47. The minimum absolute atomic E-state index is 0.136. The monoisotopic (exact) mass is 254 g/mol. The minimum atomic E-state index is -0.358. The highest BCUT2D eigenvalue weighted by atomic mass is 16.6. The van der Waals surface area contributed by atoms with Crippen molar-refractivity contribution in [2.24, 2.45) is 0 Å². The molecule has 1 aromatic heterocycles. The van der Waals surface area contributed by atoms with Crippen molar-refractivity contribution in [1.29, 1.82) is 0 Å². The summed E-state index contributed by atoms with van der Waals surface area (Å²) < 4.78 is 7.00. The fourth-order valence-corrected chi connectivity index (χ4v) is 2.23. The van der Waals surface area contributed by atoms with Crippen molar-refractivity contribution in [1.82, 2.24) is 14.7 Å². The first-order valence-electron chi connectivity index (χ1n) is 6.08. The largest absolute Gasteiger partial charge is 0.379 e. The molecule has 0 bridgehead atoms. The quantitative estimate of drug-likeness (QED) is 0.585. The lowest BCUT2D eigenvalue weighted by Gasteiger charge is -2.26. The molecule has 0 spiro atoms. The van der Waals surface area contributed by atoms with E-state index in [4.69, 9.17) is 4.74 Å². The van der Waals surface area contributed by atoms with Gasteiger partial charge in [0.25, 0.3) is 0 Å². The average molecular weight is 254 g/mol. The first-order valence-corrected chi connectivity index (χ1v) is 6.08. The molecule has 0 aliphatic carbocycles. The summed E-state index contributed by atoms with van der Waals surface area (Å²) >= 11 is 0. The topological polar surface area (TPSA) is 73.4 Å². The Bertz CT molecular complexity index is 438. The highest BCUT2D eigenvalue weighted by Gasteiger charge is 2.22. The predicted molar refractivity (Wildman–Crippen MR) is 65.6 cm³/mol. The van der Waals surface area contributed by atoms with Gasteiger partial charge in [-0.1, -0.05) is 0 Å². The maximum atomic E-state index is 10.9. The molecule has 2 heterocycles. The third kappa shape index (κ3) is 2.68. The summed E-state index contributed by atoms with van der Waals surface area (Å²) in [5.74, 6) is 0. The van der Waals surface area contributed by atoms with Gasteiger partial charge in [0.15, 0.2) is 0 Å². The van der Waals surface area contributed by atoms with Crippen LogP contribution in [-0.2, 0) is 11.3 Å². The molecule has 1 aliphatic heterocycles. The number of hydrogen-bond donors (Lipinski definition) is 0. The zero-order valence-corrected chi connectivity index (χ0v) is 10.8. The molecule has 0 amide bonds. The summed E-state index contributed by atoms with van der Waals surface area (Å²) in [5, 5.41) is 15.1. The van der Waals surface area contributed by atoms with E-state index in [-0.39, 0.29) is 10.6 Å². The van der Waals surface area contributed by atoms with Crippen LogP contribution in [0.4, 0.5) is 5.69 Å². The van der Waals surface area contributed by atoms with E-state index in [1.54, 1.807) is 18.5 Å². The van der Waals surface area contributed by atoms with Crippen LogP contribution in [0.5, 0.6) is 0 Å². The van der Waals surface area contributed by atoms with Gasteiger partial charge in [-0.15, -0.1) is 0 Å². The molecular weight excluding hydrogens is 236 g/mol. The number of aromatic nitrogens is 2. The van der Waals surface area contributed by atoms with Crippen molar-refractivity contribution in [3.8, 4) is 0 Å². The fourth-order valence-electron chi connectivity index (χ4n) is 2.23. The third-order valence-corrected chi connectivity index (χ3v) is 3.26. The molecule has 0 atom stereocenters. The Kier molecular flexibility index (Phi) is 3.93. The van der Waals surface area contributed by atoms with Crippen LogP contribution in [0.15, 0.2) is 0 Å². The van der Waals surface area contributed by atoms with Gasteiger partial charge in [-0.25, -0.2) is 0 Å². The fraction of sp³-hybridized carbons (Fsp3) is 0.727. The van der Waals surface area contributed by atoms with E-state index in [2.05, 4.69) is 10.00 Å². The van der Waals surface area contributed by atoms with Crippen molar-refractivity contribution < 1.29 is 9.66 Å². The van der Waals surface area contributed by atoms with Crippen LogP contribution in [0.3, 0.4) is 0 Å². The van der Waals surface area contributed by atoms with Crippen molar-refractivity contribution in [2.45, 2.75) is 20.4 Å². The van der Waals surface area contributed by atoms with E-state index >= 15 is 0 Å². The number of nitrogens with zero attached hydrogens (tertiary/aromatic N) is 4. The lowest BCUT2D eigenvalue weighted by Crippen LogP contribution is -2.38. The maximum absolute atomic E-state index is 10.9. The summed E-state index contributed by atoms with van der Waals surface area (Å²) in [7, 11) is 0. The Morgan fingerprint density at radius 3 is 2.56 bits per heavy atom. The maximum Gasteiger partial charge on any atom is 0.312 e. The zero-order valence-electron chi connectivity index (χ0n) is 10.8. The van der Waals surface area contributed by atoms with Gasteiger partial charge < -0.3 is 4.74 Å². The van der Waals surface area contributed by atoms with Crippen LogP contribution in [0, 0.1) is 24.0 Å². The standard InChI is InChI=1S/C11H18N4O3/c1-9-11(15(16)17)10(2)14(12-9)4-3-13-5-7-18-8-6-13/h3-8H2,1-2H3. The summed E-state index contributed by atoms with van der Waals surface area (Å²) in [4.78, 5) is 12.8. The van der Waals surface area contributed by atoms with E-state index in [9.17, 15) is 10.1 Å². The molecule has 18 heavy (non-hydrogen) atoms. The predicted octanol–water partition coefficient (Wildman–Crippen LogP) is 0.740. The molecule has 100 valence electrons. The Morgan fingerprint density at radius 1 is 1.33 bits per heavy atom. The van der Waals surface area contributed by atoms with E-state index in [0.717, 1.165) is 32.8 Å². The van der Waals surface area contributed by atoms with Crippen LogP contribution >= 0.6 is 0 Å². The SMILES string of the molecule is Cc1nn(CCN2CCOCC2)c(C)c1[N+](=O)[O-]. The van der Waals surface area contributed by atoms with E-state index in [0.29, 0.717) is 17.9 Å². The number of aryl methyl sites for hydroxylation is 1. The van der Waals surface area contributed by atoms with Gasteiger partial charge in [0.2, 0.25) is 0 Å². The smallest absolute Gasteiger partial charge is 0.312 e. The molecule has 0 saturated carbocycles. The molecule has 0 aromatic carbocycles. The van der Waals surface area contributed by atoms with Crippen LogP contribution in [0.1, 0.15) is 11.4 Å². The van der Waals surface area contributed by atoms with E-state index in [1.165, 1.54) is 0 Å². The molecule has 7 heteroatoms. The van der Waals surface area contributed by atoms with Gasteiger partial charge >= 0.3 is 5.69 Å². The van der Waals surface area contributed by atoms with Crippen LogP contribution in [-0.4, -0.2) is 52.5 Å². The van der Waals surface area contributed by atoms with Gasteiger partial charge in [0.1, 0.15) is 11.4 Å². The second-order valence-corrected chi connectivity index (χ2v) is 4.45. The summed E-state index contributed by atoms with van der Waals surface area (Å²) in [5.41, 5.74) is 1.25. The Morgan fingerprint density at radius 2 is 2.00 bits per heavy atom. The van der Waals surface area contributed by atoms with Gasteiger partial charge in [0.05, 0.1) is 24.7 Å². The summed E-state index contributed by atoms with van der Waals surface area (Å²) in [6, 6.07) is 0. The van der Waals surface area contributed by atoms with Crippen LogP contribution in [0.25, 0.3) is 0 Å². The molecule has 1 saturated heterocycles. The molecule has 1 fully saturated rings. The van der Waals surface area contributed by atoms with Crippen LogP contribution < -0.4 is 0 Å². The van der Waals surface area contributed by atoms with Gasteiger partial charge in [0, 0.05) is 19.6 Å². The third-order valence-electron chi connectivity index (χ3n) is 3.26. The Labute approximate surface area is 105 Å². The summed E-state index contributed by atoms with van der Waals surface area (Å²) in [6.45, 7) is 8.31. The molecule has 0 radical (unpaired) electrons. The second kappa shape index (κ2) is 5.45. The lowest BCUT2D eigenvalue weighted by atomic mass is 10.3. The number of rotatable bonds is 4. The lowest BCUT2D eigenvalue weighted by molar-refractivity contribution is -0.386. The highest BCUT2D eigenvalue weighted by Crippen LogP contribution is 2.21. The number of ether oxygens (including phenoxy) is 1. The number of nitro groups is 1. The minimum Gasteiger partial charge on any atom is -0.379 e. The highest BCUT2D eigenvalue weighted by molar-refractivity contribution is 5.39. The zero-order chi connectivity index (χ0) is 13.1. The Balaban J connectivity index is 2.01. The number of hydrogen-bond acceptors (Lipinski definition) is 5. The van der Waals surface area contributed by atoms with Crippen molar-refractivity contribution in [3.63, 3.8) is 0 Å². The molecule has 2 rings (SSSR count). The first kappa shape index (κ1) is 13.0. The average Bonchev–Trinajstić information content (AvgIpc) is 2.63. The van der Waals surface area contributed by atoms with Gasteiger partial charge in [-0.2, -0.15) is 5.10 Å². The van der Waals surface area contributed by atoms with Gasteiger partial charge in [-0.3, -0.25) is 19.7 Å². The normalized spacial score (nSPS) is 17.0. The number of morpholine rings is 1. The molecular formula is C11H18N4O3. The van der Waals surface area contributed by atoms with Gasteiger partial charge in [-0.05, 0) is 13.8 Å². The second-order valence-electron chi connectivity index (χ2n) is 4.45. The van der Waals surface area contributed by atoms with Crippen molar-refractivity contribution in [3.05, 3.63) is 21.5 Å². The molecule has 1 aliphatic rings. The van der Waals surface area contributed by atoms with E-state index < -0.39 is 0 Å². The first-order chi connectivity index (χ1) is 8.59. The van der Waals surface area contributed by atoms with Crippen molar-refractivity contribution >= 4 is 5.69 Å². The van der Waals surface area contributed by atoms with Crippen molar-refractivity contribution in [2.75, 3.05) is 32.8 Å². The molecule has 0 N–H and O–H groups in total. The molecule has 1 aromatic rings. The van der Waals surface area contributed by atoms with E-state index in [1.807, 2.05) is 0 Å². The molecule has 7 nitrogen and oxygen atoms in total. The molecule has 0 unspecified atom stereocenters. The summed E-state index contributed by atoms with van der Waals surface area (Å²) in [6.07, 6.45) is 0. The van der Waals surface area contributed by atoms with Crippen LogP contribution in [0.2, 0.25) is 0 Å².